The van der Waals surface area contributed by atoms with Gasteiger partial charge in [-0.1, -0.05) is 53.5 Å². The van der Waals surface area contributed by atoms with E-state index >= 15 is 0 Å². The Kier molecular flexibility index (Phi) is 4.12. The van der Waals surface area contributed by atoms with Crippen LogP contribution in [0.2, 0.25) is 10.2 Å². The Hall–Kier alpha value is -1.65. The summed E-state index contributed by atoms with van der Waals surface area (Å²) in [6.45, 7) is 1.90. The Morgan fingerprint density at radius 3 is 2.67 bits per heavy atom. The molecule has 0 saturated heterocycles. The van der Waals surface area contributed by atoms with Crippen molar-refractivity contribution in [1.82, 2.24) is 10.2 Å². The van der Waals surface area contributed by atoms with Crippen molar-refractivity contribution in [2.75, 3.05) is 5.43 Å². The first-order valence-electron chi connectivity index (χ1n) is 5.21. The first-order chi connectivity index (χ1) is 8.68. The normalized spacial score (nSPS) is 11.4. The van der Waals surface area contributed by atoms with Gasteiger partial charge in [-0.15, -0.1) is 5.10 Å². The van der Waals surface area contributed by atoms with Crippen molar-refractivity contribution in [3.63, 3.8) is 0 Å². The van der Waals surface area contributed by atoms with E-state index in [9.17, 15) is 0 Å². The van der Waals surface area contributed by atoms with Crippen LogP contribution in [0.1, 0.15) is 12.5 Å². The highest BCUT2D eigenvalue weighted by Crippen LogP contribution is 2.26. The molecule has 0 aliphatic rings. The molecule has 0 aliphatic carbocycles. The number of hydrazone groups is 1. The van der Waals surface area contributed by atoms with Crippen molar-refractivity contribution >= 4 is 34.6 Å². The van der Waals surface area contributed by atoms with Crippen LogP contribution in [0.15, 0.2) is 41.6 Å². The molecule has 0 unspecified atom stereocenters. The van der Waals surface area contributed by atoms with Gasteiger partial charge in [0.05, 0.1) is 17.6 Å². The lowest BCUT2D eigenvalue weighted by Crippen LogP contribution is -2.00. The zero-order valence-electron chi connectivity index (χ0n) is 9.56. The maximum atomic E-state index is 5.96. The fourth-order valence-corrected chi connectivity index (χ4v) is 1.59. The van der Waals surface area contributed by atoms with Crippen LogP contribution in [0, 0.1) is 0 Å². The van der Waals surface area contributed by atoms with E-state index in [4.69, 9.17) is 23.2 Å². The average Bonchev–Trinajstić information content (AvgIpc) is 2.41. The Labute approximate surface area is 115 Å². The molecule has 0 fully saturated rings. The fraction of sp³-hybridized carbons (Fsp3) is 0.0833. The summed E-state index contributed by atoms with van der Waals surface area (Å²) in [6, 6.07) is 9.80. The summed E-state index contributed by atoms with van der Waals surface area (Å²) in [6.07, 6.45) is 1.47. The van der Waals surface area contributed by atoms with Crippen LogP contribution >= 0.6 is 23.2 Å². The minimum Gasteiger partial charge on any atom is -0.275 e. The first kappa shape index (κ1) is 12.8. The molecule has 1 aromatic carbocycles. The predicted molar refractivity (Wildman–Crippen MR) is 74.3 cm³/mol. The Bertz CT molecular complexity index is 570. The number of rotatable bonds is 3. The summed E-state index contributed by atoms with van der Waals surface area (Å²) in [4.78, 5) is 0. The van der Waals surface area contributed by atoms with Crippen LogP contribution in [0.5, 0.6) is 0 Å². The number of halogens is 2. The van der Waals surface area contributed by atoms with Gasteiger partial charge < -0.3 is 0 Å². The molecule has 1 N–H and O–H groups in total. The standard InChI is InChI=1S/C12H10Cl2N4/c1-8(9-5-3-2-4-6-9)16-17-10-7-15-18-12(14)11(10)13/h2-7H,1H3,(H,17,18)/b16-8+. The maximum Gasteiger partial charge on any atom is 0.172 e. The van der Waals surface area contributed by atoms with E-state index in [1.807, 2.05) is 37.3 Å². The molecule has 0 atom stereocenters. The second kappa shape index (κ2) is 5.80. The minimum atomic E-state index is 0.147. The molecule has 92 valence electrons. The SMILES string of the molecule is C/C(=N\Nc1cnnc(Cl)c1Cl)c1ccccc1. The molecule has 1 aromatic heterocycles. The van der Waals surface area contributed by atoms with Crippen molar-refractivity contribution in [3.8, 4) is 0 Å². The highest BCUT2D eigenvalue weighted by Gasteiger charge is 2.05. The Balaban J connectivity index is 2.18. The van der Waals surface area contributed by atoms with Crippen LogP contribution in [-0.2, 0) is 0 Å². The van der Waals surface area contributed by atoms with Gasteiger partial charge in [0.25, 0.3) is 0 Å². The molecule has 0 spiro atoms. The number of benzene rings is 1. The first-order valence-corrected chi connectivity index (χ1v) is 5.96. The van der Waals surface area contributed by atoms with Crippen molar-refractivity contribution in [2.45, 2.75) is 6.92 Å². The highest BCUT2D eigenvalue weighted by atomic mass is 35.5. The van der Waals surface area contributed by atoms with Crippen LogP contribution in [-0.4, -0.2) is 15.9 Å². The van der Waals surface area contributed by atoms with Gasteiger partial charge in [0.2, 0.25) is 0 Å². The highest BCUT2D eigenvalue weighted by molar-refractivity contribution is 6.42. The molecule has 0 radical (unpaired) electrons. The lowest BCUT2D eigenvalue weighted by atomic mass is 10.1. The van der Waals surface area contributed by atoms with E-state index in [0.29, 0.717) is 10.7 Å². The van der Waals surface area contributed by atoms with Crippen molar-refractivity contribution in [2.24, 2.45) is 5.10 Å². The number of aromatic nitrogens is 2. The number of nitrogens with zero attached hydrogens (tertiary/aromatic N) is 3. The van der Waals surface area contributed by atoms with Gasteiger partial charge in [-0.25, -0.2) is 0 Å². The maximum absolute atomic E-state index is 5.96. The third-order valence-electron chi connectivity index (χ3n) is 2.29. The zero-order valence-corrected chi connectivity index (χ0v) is 11.1. The molecular formula is C12H10Cl2N4. The van der Waals surface area contributed by atoms with Crippen LogP contribution in [0.4, 0.5) is 5.69 Å². The summed E-state index contributed by atoms with van der Waals surface area (Å²) in [5.41, 5.74) is 5.20. The van der Waals surface area contributed by atoms with E-state index in [-0.39, 0.29) is 5.15 Å². The Morgan fingerprint density at radius 1 is 1.22 bits per heavy atom. The van der Waals surface area contributed by atoms with Gasteiger partial charge >= 0.3 is 0 Å². The number of hydrogen-bond donors (Lipinski definition) is 1. The molecule has 0 amide bonds. The fourth-order valence-electron chi connectivity index (χ4n) is 1.31. The van der Waals surface area contributed by atoms with Crippen molar-refractivity contribution in [3.05, 3.63) is 52.3 Å². The molecule has 1 heterocycles. The third kappa shape index (κ3) is 2.97. The molecule has 0 aliphatic heterocycles. The van der Waals surface area contributed by atoms with Gasteiger partial charge in [-0.05, 0) is 12.5 Å². The van der Waals surface area contributed by atoms with Gasteiger partial charge in [-0.3, -0.25) is 5.43 Å². The lowest BCUT2D eigenvalue weighted by Gasteiger charge is -2.05. The van der Waals surface area contributed by atoms with Gasteiger partial charge in [-0.2, -0.15) is 10.2 Å². The van der Waals surface area contributed by atoms with Gasteiger partial charge in [0.1, 0.15) is 5.02 Å². The van der Waals surface area contributed by atoms with Crippen LogP contribution < -0.4 is 5.43 Å². The Morgan fingerprint density at radius 2 is 1.94 bits per heavy atom. The van der Waals surface area contributed by atoms with E-state index in [1.54, 1.807) is 0 Å². The largest absolute Gasteiger partial charge is 0.275 e. The molecule has 18 heavy (non-hydrogen) atoms. The predicted octanol–water partition coefficient (Wildman–Crippen LogP) is 3.62. The number of anilines is 1. The monoisotopic (exact) mass is 280 g/mol. The summed E-state index contributed by atoms with van der Waals surface area (Å²) in [5.74, 6) is 0. The molecule has 2 aromatic rings. The van der Waals surface area contributed by atoms with E-state index < -0.39 is 0 Å². The molecular weight excluding hydrogens is 271 g/mol. The summed E-state index contributed by atoms with van der Waals surface area (Å²) in [7, 11) is 0. The van der Waals surface area contributed by atoms with Crippen molar-refractivity contribution < 1.29 is 0 Å². The van der Waals surface area contributed by atoms with E-state index in [2.05, 4.69) is 20.7 Å². The molecule has 2 rings (SSSR count). The van der Waals surface area contributed by atoms with Gasteiger partial charge in [0.15, 0.2) is 5.15 Å². The number of hydrogen-bond acceptors (Lipinski definition) is 4. The molecule has 6 heteroatoms. The second-order valence-electron chi connectivity index (χ2n) is 3.54. The zero-order chi connectivity index (χ0) is 13.0. The van der Waals surface area contributed by atoms with Crippen LogP contribution in [0.25, 0.3) is 0 Å². The quantitative estimate of drug-likeness (QED) is 0.690. The summed E-state index contributed by atoms with van der Waals surface area (Å²) >= 11 is 11.7. The number of nitrogens with one attached hydrogen (secondary N) is 1. The molecule has 0 bridgehead atoms. The average molecular weight is 281 g/mol. The van der Waals surface area contributed by atoms with E-state index in [0.717, 1.165) is 11.3 Å². The van der Waals surface area contributed by atoms with Crippen LogP contribution in [0.3, 0.4) is 0 Å². The molecule has 0 saturated carbocycles. The topological polar surface area (TPSA) is 50.2 Å². The third-order valence-corrected chi connectivity index (χ3v) is 3.03. The molecule has 4 nitrogen and oxygen atoms in total. The van der Waals surface area contributed by atoms with Gasteiger partial charge in [0, 0.05) is 0 Å². The van der Waals surface area contributed by atoms with Crippen molar-refractivity contribution in [1.29, 1.82) is 0 Å². The summed E-state index contributed by atoms with van der Waals surface area (Å²) in [5, 5.41) is 12.0. The van der Waals surface area contributed by atoms with E-state index in [1.165, 1.54) is 6.20 Å². The lowest BCUT2D eigenvalue weighted by molar-refractivity contribution is 1.03. The minimum absolute atomic E-state index is 0.147. The smallest absolute Gasteiger partial charge is 0.172 e. The summed E-state index contributed by atoms with van der Waals surface area (Å²) < 4.78 is 0. The second-order valence-corrected chi connectivity index (χ2v) is 4.27.